The zero-order valence-corrected chi connectivity index (χ0v) is 9.59. The molecule has 2 N–H and O–H groups in total. The maximum Gasteiger partial charge on any atom is 0.0870 e. The number of nitrogens with zero attached hydrogens (tertiary/aromatic N) is 2. The van der Waals surface area contributed by atoms with Gasteiger partial charge in [0.25, 0.3) is 0 Å². The minimum atomic E-state index is 0.603. The van der Waals surface area contributed by atoms with E-state index in [9.17, 15) is 0 Å². The first kappa shape index (κ1) is 10.3. The third kappa shape index (κ3) is 2.07. The van der Waals surface area contributed by atoms with Gasteiger partial charge in [0.2, 0.25) is 0 Å². The third-order valence-electron chi connectivity index (χ3n) is 3.43. The Balaban J connectivity index is 1.95. The van der Waals surface area contributed by atoms with Crippen LogP contribution in [0.15, 0.2) is 0 Å². The zero-order chi connectivity index (χ0) is 10.1. The number of rotatable bonds is 2. The van der Waals surface area contributed by atoms with Gasteiger partial charge in [-0.1, -0.05) is 12.2 Å². The molecule has 0 bridgehead atoms. The normalized spacial score (nSPS) is 34.4. The molecule has 2 atom stereocenters. The van der Waals surface area contributed by atoms with Crippen molar-refractivity contribution in [2.75, 3.05) is 26.2 Å². The predicted octanol–water partition coefficient (Wildman–Crippen LogP) is 0.441. The van der Waals surface area contributed by atoms with Crippen LogP contribution in [0, 0.1) is 0 Å². The van der Waals surface area contributed by atoms with Crippen molar-refractivity contribution in [1.82, 2.24) is 9.80 Å². The topological polar surface area (TPSA) is 32.5 Å². The molecular weight excluding hydrogens is 194 g/mol. The summed E-state index contributed by atoms with van der Waals surface area (Å²) in [6.07, 6.45) is 2.71. The van der Waals surface area contributed by atoms with Gasteiger partial charge in [-0.05, 0) is 26.3 Å². The van der Waals surface area contributed by atoms with E-state index < -0.39 is 0 Å². The van der Waals surface area contributed by atoms with Crippen LogP contribution in [0.2, 0.25) is 0 Å². The average molecular weight is 213 g/mol. The summed E-state index contributed by atoms with van der Waals surface area (Å²) >= 11 is 4.97. The lowest BCUT2D eigenvalue weighted by Crippen LogP contribution is -2.56. The SMILES string of the molecule is CC1CN2CCCC2CN1CC(N)=S. The lowest BCUT2D eigenvalue weighted by Gasteiger charge is -2.42. The van der Waals surface area contributed by atoms with E-state index in [4.69, 9.17) is 18.0 Å². The summed E-state index contributed by atoms with van der Waals surface area (Å²) < 4.78 is 0. The first-order valence-corrected chi connectivity index (χ1v) is 5.84. The minimum Gasteiger partial charge on any atom is -0.392 e. The van der Waals surface area contributed by atoms with Crippen molar-refractivity contribution in [2.24, 2.45) is 5.73 Å². The second-order valence-corrected chi connectivity index (χ2v) is 5.06. The molecule has 0 radical (unpaired) electrons. The number of nitrogens with two attached hydrogens (primary N) is 1. The van der Waals surface area contributed by atoms with Gasteiger partial charge in [0.05, 0.1) is 4.99 Å². The van der Waals surface area contributed by atoms with Gasteiger partial charge in [-0.15, -0.1) is 0 Å². The molecule has 4 heteroatoms. The van der Waals surface area contributed by atoms with E-state index >= 15 is 0 Å². The molecule has 0 amide bonds. The van der Waals surface area contributed by atoms with Crippen LogP contribution in [0.25, 0.3) is 0 Å². The van der Waals surface area contributed by atoms with E-state index in [2.05, 4.69) is 16.7 Å². The summed E-state index contributed by atoms with van der Waals surface area (Å²) in [4.78, 5) is 5.67. The lowest BCUT2D eigenvalue weighted by atomic mass is 10.1. The standard InChI is InChI=1S/C10H19N3S/c1-8-5-12-4-2-3-9(12)6-13(8)7-10(11)14/h8-9H,2-7H2,1H3,(H2,11,14). The molecule has 2 aliphatic heterocycles. The number of hydrogen-bond donors (Lipinski definition) is 1. The number of fused-ring (bicyclic) bond motifs is 1. The highest BCUT2D eigenvalue weighted by Gasteiger charge is 2.34. The largest absolute Gasteiger partial charge is 0.392 e. The Kier molecular flexibility index (Phi) is 3.04. The molecular formula is C10H19N3S. The summed E-state index contributed by atoms with van der Waals surface area (Å²) in [6.45, 7) is 6.69. The van der Waals surface area contributed by atoms with E-state index in [1.807, 2.05) is 0 Å². The summed E-state index contributed by atoms with van der Waals surface area (Å²) in [7, 11) is 0. The summed E-state index contributed by atoms with van der Waals surface area (Å²) in [5.74, 6) is 0. The monoisotopic (exact) mass is 213 g/mol. The van der Waals surface area contributed by atoms with Crippen LogP contribution in [0.3, 0.4) is 0 Å². The van der Waals surface area contributed by atoms with E-state index in [0.717, 1.165) is 19.1 Å². The fraction of sp³-hybridized carbons (Fsp3) is 0.900. The first-order chi connectivity index (χ1) is 6.66. The Labute approximate surface area is 91.2 Å². The van der Waals surface area contributed by atoms with Crippen LogP contribution in [0.4, 0.5) is 0 Å². The van der Waals surface area contributed by atoms with Gasteiger partial charge < -0.3 is 5.73 Å². The molecule has 2 heterocycles. The molecule has 2 unspecified atom stereocenters. The predicted molar refractivity (Wildman–Crippen MR) is 62.4 cm³/mol. The highest BCUT2D eigenvalue weighted by atomic mass is 32.1. The van der Waals surface area contributed by atoms with Crippen LogP contribution < -0.4 is 5.73 Å². The van der Waals surface area contributed by atoms with Crippen molar-refractivity contribution in [3.8, 4) is 0 Å². The average Bonchev–Trinajstić information content (AvgIpc) is 2.51. The molecule has 0 aliphatic carbocycles. The molecule has 0 aromatic rings. The van der Waals surface area contributed by atoms with E-state index in [0.29, 0.717) is 11.0 Å². The van der Waals surface area contributed by atoms with Crippen LogP contribution in [0.5, 0.6) is 0 Å². The molecule has 0 aromatic heterocycles. The highest BCUT2D eigenvalue weighted by Crippen LogP contribution is 2.24. The van der Waals surface area contributed by atoms with E-state index in [-0.39, 0.29) is 0 Å². The second kappa shape index (κ2) is 4.13. The molecule has 0 spiro atoms. The van der Waals surface area contributed by atoms with Gasteiger partial charge in [0.1, 0.15) is 0 Å². The quantitative estimate of drug-likeness (QED) is 0.675. The van der Waals surface area contributed by atoms with Gasteiger partial charge in [0.15, 0.2) is 0 Å². The van der Waals surface area contributed by atoms with Gasteiger partial charge in [-0.2, -0.15) is 0 Å². The molecule has 2 fully saturated rings. The van der Waals surface area contributed by atoms with Crippen molar-refractivity contribution in [3.63, 3.8) is 0 Å². The molecule has 0 saturated carbocycles. The first-order valence-electron chi connectivity index (χ1n) is 5.43. The van der Waals surface area contributed by atoms with Gasteiger partial charge >= 0.3 is 0 Å². The molecule has 3 nitrogen and oxygen atoms in total. The van der Waals surface area contributed by atoms with Gasteiger partial charge in [0, 0.05) is 31.7 Å². The van der Waals surface area contributed by atoms with Gasteiger partial charge in [-0.25, -0.2) is 0 Å². The van der Waals surface area contributed by atoms with Crippen molar-refractivity contribution in [2.45, 2.75) is 31.8 Å². The summed E-state index contributed by atoms with van der Waals surface area (Å²) in [5.41, 5.74) is 5.60. The smallest absolute Gasteiger partial charge is 0.0870 e. The van der Waals surface area contributed by atoms with Crippen molar-refractivity contribution in [3.05, 3.63) is 0 Å². The Morgan fingerprint density at radius 2 is 2.29 bits per heavy atom. The summed E-state index contributed by atoms with van der Waals surface area (Å²) in [5, 5.41) is 0. The maximum absolute atomic E-state index is 5.60. The Bertz CT molecular complexity index is 231. The van der Waals surface area contributed by atoms with Crippen molar-refractivity contribution < 1.29 is 0 Å². The lowest BCUT2D eigenvalue weighted by molar-refractivity contribution is 0.0716. The number of piperazine rings is 1. The van der Waals surface area contributed by atoms with Crippen LogP contribution in [-0.4, -0.2) is 53.1 Å². The molecule has 2 aliphatic rings. The molecule has 2 rings (SSSR count). The summed E-state index contributed by atoms with van der Waals surface area (Å²) in [6, 6.07) is 1.37. The van der Waals surface area contributed by atoms with E-state index in [1.54, 1.807) is 0 Å². The fourth-order valence-corrected chi connectivity index (χ4v) is 2.83. The Morgan fingerprint density at radius 3 is 3.00 bits per heavy atom. The van der Waals surface area contributed by atoms with Crippen molar-refractivity contribution in [1.29, 1.82) is 0 Å². The Hall–Kier alpha value is -0.190. The Morgan fingerprint density at radius 1 is 1.50 bits per heavy atom. The highest BCUT2D eigenvalue weighted by molar-refractivity contribution is 7.80. The molecule has 14 heavy (non-hydrogen) atoms. The van der Waals surface area contributed by atoms with Crippen LogP contribution in [-0.2, 0) is 0 Å². The second-order valence-electron chi connectivity index (χ2n) is 4.54. The van der Waals surface area contributed by atoms with Crippen LogP contribution >= 0.6 is 12.2 Å². The third-order valence-corrected chi connectivity index (χ3v) is 3.55. The maximum atomic E-state index is 5.60. The molecule has 0 aromatic carbocycles. The number of hydrogen-bond acceptors (Lipinski definition) is 3. The minimum absolute atomic E-state index is 0.603. The molecule has 2 saturated heterocycles. The molecule has 80 valence electrons. The fourth-order valence-electron chi connectivity index (χ4n) is 2.67. The van der Waals surface area contributed by atoms with E-state index in [1.165, 1.54) is 25.9 Å². The zero-order valence-electron chi connectivity index (χ0n) is 8.78. The van der Waals surface area contributed by atoms with Crippen molar-refractivity contribution >= 4 is 17.2 Å². The number of thiocarbonyl (C=S) groups is 1. The van der Waals surface area contributed by atoms with Crippen LogP contribution in [0.1, 0.15) is 19.8 Å². The van der Waals surface area contributed by atoms with Gasteiger partial charge in [-0.3, -0.25) is 9.80 Å².